The molecule has 1 nitrogen and oxygen atoms in total. The van der Waals surface area contributed by atoms with Gasteiger partial charge in [0, 0.05) is 0 Å². The van der Waals surface area contributed by atoms with Crippen molar-refractivity contribution < 1.29 is 4.74 Å². The molecule has 0 unspecified atom stereocenters. The number of ether oxygens (including phenoxy) is 1. The fourth-order valence-corrected chi connectivity index (χ4v) is 2.11. The third-order valence-corrected chi connectivity index (χ3v) is 2.99. The van der Waals surface area contributed by atoms with Crippen LogP contribution in [0.3, 0.4) is 0 Å². The number of allylic oxidation sites excluding steroid dienone is 2. The van der Waals surface area contributed by atoms with Gasteiger partial charge in [-0.3, -0.25) is 0 Å². The Morgan fingerprint density at radius 3 is 1.92 bits per heavy atom. The predicted molar refractivity (Wildman–Crippen MR) is 50.1 cm³/mol. The van der Waals surface area contributed by atoms with Crippen LogP contribution in [0.5, 0.6) is 0 Å². The molecule has 0 N–H and O–H groups in total. The van der Waals surface area contributed by atoms with Gasteiger partial charge in [-0.25, -0.2) is 0 Å². The van der Waals surface area contributed by atoms with Gasteiger partial charge < -0.3 is 4.74 Å². The molecule has 2 aliphatic rings. The summed E-state index contributed by atoms with van der Waals surface area (Å²) in [5, 5.41) is 0. The lowest BCUT2D eigenvalue weighted by Gasteiger charge is -2.02. The molecule has 1 saturated heterocycles. The molecule has 0 amide bonds. The summed E-state index contributed by atoms with van der Waals surface area (Å²) < 4.78 is 5.47. The molecule has 0 bridgehead atoms. The average molecular weight is 164 g/mol. The average Bonchev–Trinajstić information content (AvgIpc) is 2.47. The first-order valence-corrected chi connectivity index (χ1v) is 4.74. The van der Waals surface area contributed by atoms with E-state index in [-0.39, 0.29) is 0 Å². The zero-order chi connectivity index (χ0) is 8.55. The summed E-state index contributed by atoms with van der Waals surface area (Å²) in [5.41, 5.74) is 6.12. The molecule has 0 radical (unpaired) electrons. The van der Waals surface area contributed by atoms with E-state index in [1.165, 1.54) is 30.4 Å². The van der Waals surface area contributed by atoms with Crippen molar-refractivity contribution >= 4 is 0 Å². The minimum absolute atomic E-state index is 0.860. The van der Waals surface area contributed by atoms with Gasteiger partial charge in [-0.2, -0.15) is 0 Å². The maximum Gasteiger partial charge on any atom is 0.0724 e. The SMILES string of the molecule is CC1=C2COCC2=C(C)CCC1. The van der Waals surface area contributed by atoms with Crippen molar-refractivity contribution in [3.05, 3.63) is 22.3 Å². The molecule has 0 aromatic rings. The highest BCUT2D eigenvalue weighted by Gasteiger charge is 2.20. The van der Waals surface area contributed by atoms with E-state index in [0.29, 0.717) is 0 Å². The highest BCUT2D eigenvalue weighted by molar-refractivity contribution is 5.42. The molecule has 0 saturated carbocycles. The van der Waals surface area contributed by atoms with Gasteiger partial charge in [-0.05, 0) is 44.3 Å². The predicted octanol–water partition coefficient (Wildman–Crippen LogP) is 2.83. The molecule has 1 aliphatic heterocycles. The molecule has 0 aromatic heterocycles. The van der Waals surface area contributed by atoms with E-state index < -0.39 is 0 Å². The summed E-state index contributed by atoms with van der Waals surface area (Å²) in [6.07, 6.45) is 3.85. The summed E-state index contributed by atoms with van der Waals surface area (Å²) in [6, 6.07) is 0. The summed E-state index contributed by atoms with van der Waals surface area (Å²) >= 11 is 0. The lowest BCUT2D eigenvalue weighted by Crippen LogP contribution is -1.90. The van der Waals surface area contributed by atoms with Crippen molar-refractivity contribution in [3.63, 3.8) is 0 Å². The van der Waals surface area contributed by atoms with Gasteiger partial charge in [0.1, 0.15) is 0 Å². The van der Waals surface area contributed by atoms with E-state index in [2.05, 4.69) is 13.8 Å². The van der Waals surface area contributed by atoms with Crippen LogP contribution < -0.4 is 0 Å². The highest BCUT2D eigenvalue weighted by Crippen LogP contribution is 2.32. The Kier molecular flexibility index (Phi) is 2.05. The maximum atomic E-state index is 5.47. The minimum Gasteiger partial charge on any atom is -0.372 e. The van der Waals surface area contributed by atoms with E-state index in [1.807, 2.05) is 0 Å². The third-order valence-electron chi connectivity index (χ3n) is 2.99. The molecule has 1 fully saturated rings. The Morgan fingerprint density at radius 2 is 1.42 bits per heavy atom. The molecule has 1 heterocycles. The van der Waals surface area contributed by atoms with Gasteiger partial charge >= 0.3 is 0 Å². The van der Waals surface area contributed by atoms with Gasteiger partial charge in [0.05, 0.1) is 13.2 Å². The molecule has 12 heavy (non-hydrogen) atoms. The molecular formula is C11H16O. The lowest BCUT2D eigenvalue weighted by atomic mass is 10.0. The molecule has 1 heteroatoms. The highest BCUT2D eigenvalue weighted by atomic mass is 16.5. The second-order valence-corrected chi connectivity index (χ2v) is 3.86. The largest absolute Gasteiger partial charge is 0.372 e. The van der Waals surface area contributed by atoms with Crippen molar-refractivity contribution in [1.29, 1.82) is 0 Å². The first-order chi connectivity index (χ1) is 5.79. The van der Waals surface area contributed by atoms with Crippen LogP contribution in [-0.4, -0.2) is 13.2 Å². The summed E-state index contributed by atoms with van der Waals surface area (Å²) in [6.45, 7) is 6.22. The van der Waals surface area contributed by atoms with Crippen LogP contribution >= 0.6 is 0 Å². The fraction of sp³-hybridized carbons (Fsp3) is 0.636. The van der Waals surface area contributed by atoms with Crippen molar-refractivity contribution in [2.45, 2.75) is 33.1 Å². The number of hydrogen-bond donors (Lipinski definition) is 0. The summed E-state index contributed by atoms with van der Waals surface area (Å²) in [7, 11) is 0. The van der Waals surface area contributed by atoms with Crippen LogP contribution in [0.4, 0.5) is 0 Å². The Hall–Kier alpha value is -0.560. The first kappa shape index (κ1) is 8.06. The number of hydrogen-bond acceptors (Lipinski definition) is 1. The third kappa shape index (κ3) is 1.22. The summed E-state index contributed by atoms with van der Waals surface area (Å²) in [5.74, 6) is 0. The number of rotatable bonds is 0. The first-order valence-electron chi connectivity index (χ1n) is 4.74. The zero-order valence-corrected chi connectivity index (χ0v) is 7.94. The zero-order valence-electron chi connectivity index (χ0n) is 7.94. The topological polar surface area (TPSA) is 9.23 Å². The Labute approximate surface area is 74.1 Å². The van der Waals surface area contributed by atoms with Crippen LogP contribution in [0, 0.1) is 0 Å². The Bertz CT molecular complexity index is 232. The van der Waals surface area contributed by atoms with Crippen molar-refractivity contribution in [1.82, 2.24) is 0 Å². The van der Waals surface area contributed by atoms with E-state index in [4.69, 9.17) is 4.74 Å². The standard InChI is InChI=1S/C11H16O/c1-8-4-3-5-9(2)11-7-12-6-10(8)11/h3-7H2,1-2H3. The van der Waals surface area contributed by atoms with Gasteiger partial charge in [0.15, 0.2) is 0 Å². The van der Waals surface area contributed by atoms with Gasteiger partial charge in [0.25, 0.3) is 0 Å². The number of fused-ring (bicyclic) bond motifs is 1. The Morgan fingerprint density at radius 1 is 0.917 bits per heavy atom. The van der Waals surface area contributed by atoms with Gasteiger partial charge in [0.2, 0.25) is 0 Å². The van der Waals surface area contributed by atoms with Crippen LogP contribution in [0.15, 0.2) is 22.3 Å². The molecule has 0 spiro atoms. The molecule has 2 rings (SSSR count). The van der Waals surface area contributed by atoms with Crippen LogP contribution in [0.25, 0.3) is 0 Å². The maximum absolute atomic E-state index is 5.47. The quantitative estimate of drug-likeness (QED) is 0.535. The molecule has 1 aliphatic carbocycles. The van der Waals surface area contributed by atoms with E-state index in [1.54, 1.807) is 11.1 Å². The van der Waals surface area contributed by atoms with Crippen molar-refractivity contribution in [3.8, 4) is 0 Å². The fourth-order valence-electron chi connectivity index (χ4n) is 2.11. The minimum atomic E-state index is 0.860. The van der Waals surface area contributed by atoms with Crippen molar-refractivity contribution in [2.75, 3.05) is 13.2 Å². The monoisotopic (exact) mass is 164 g/mol. The van der Waals surface area contributed by atoms with E-state index in [0.717, 1.165) is 13.2 Å². The normalized spacial score (nSPS) is 24.5. The summed E-state index contributed by atoms with van der Waals surface area (Å²) in [4.78, 5) is 0. The molecule has 0 atom stereocenters. The Balaban J connectivity index is 2.43. The second-order valence-electron chi connectivity index (χ2n) is 3.86. The second kappa shape index (κ2) is 3.06. The molecule has 0 aromatic carbocycles. The molecular weight excluding hydrogens is 148 g/mol. The van der Waals surface area contributed by atoms with Crippen molar-refractivity contribution in [2.24, 2.45) is 0 Å². The van der Waals surface area contributed by atoms with Crippen LogP contribution in [0.1, 0.15) is 33.1 Å². The van der Waals surface area contributed by atoms with Crippen LogP contribution in [-0.2, 0) is 4.74 Å². The van der Waals surface area contributed by atoms with Gasteiger partial charge in [-0.15, -0.1) is 0 Å². The van der Waals surface area contributed by atoms with E-state index in [9.17, 15) is 0 Å². The lowest BCUT2D eigenvalue weighted by molar-refractivity contribution is 0.214. The van der Waals surface area contributed by atoms with Crippen LogP contribution in [0.2, 0.25) is 0 Å². The molecule has 66 valence electrons. The van der Waals surface area contributed by atoms with E-state index >= 15 is 0 Å². The van der Waals surface area contributed by atoms with Gasteiger partial charge in [-0.1, -0.05) is 11.1 Å². The smallest absolute Gasteiger partial charge is 0.0724 e.